The molecule has 0 bridgehead atoms. The highest BCUT2D eigenvalue weighted by atomic mass is 28.3. The second kappa shape index (κ2) is 7.21. The Labute approximate surface area is 145 Å². The van der Waals surface area contributed by atoms with Crippen LogP contribution in [-0.2, 0) is 7.05 Å². The van der Waals surface area contributed by atoms with Crippen LogP contribution in [0.25, 0.3) is 17.1 Å². The van der Waals surface area contributed by atoms with Crippen LogP contribution in [0.5, 0.6) is 0 Å². The Morgan fingerprint density at radius 2 is 2.04 bits per heavy atom. The normalized spacial score (nSPS) is 16.5. The minimum Gasteiger partial charge on any atom is -0.340 e. The highest BCUT2D eigenvalue weighted by molar-refractivity contribution is 6.67. The van der Waals surface area contributed by atoms with Crippen molar-refractivity contribution in [3.63, 3.8) is 0 Å². The van der Waals surface area contributed by atoms with Crippen LogP contribution in [0.15, 0.2) is 46.3 Å². The fourth-order valence-corrected chi connectivity index (χ4v) is 5.12. The van der Waals surface area contributed by atoms with E-state index in [0.29, 0.717) is 0 Å². The van der Waals surface area contributed by atoms with E-state index < -0.39 is 8.80 Å². The molecule has 0 radical (unpaired) electrons. The van der Waals surface area contributed by atoms with Crippen molar-refractivity contribution in [2.24, 2.45) is 17.3 Å². The predicted molar refractivity (Wildman–Crippen MR) is 100 cm³/mol. The lowest BCUT2D eigenvalue weighted by Crippen LogP contribution is -2.17. The molecule has 2 aromatic heterocycles. The fourth-order valence-electron chi connectivity index (χ4n) is 3.00. The van der Waals surface area contributed by atoms with Gasteiger partial charge in [-0.15, -0.1) is 0 Å². The molecule has 0 amide bonds. The number of allylic oxidation sites excluding steroid dienone is 1. The van der Waals surface area contributed by atoms with Crippen molar-refractivity contribution in [1.82, 2.24) is 14.5 Å². The Hall–Kier alpha value is -2.08. The van der Waals surface area contributed by atoms with Gasteiger partial charge in [0, 0.05) is 25.0 Å². The van der Waals surface area contributed by atoms with Crippen LogP contribution in [0, 0.1) is 0 Å². The molecular formula is C18H25N5Si. The Balaban J connectivity index is 2.07. The van der Waals surface area contributed by atoms with Crippen molar-refractivity contribution < 1.29 is 0 Å². The summed E-state index contributed by atoms with van der Waals surface area (Å²) in [6.07, 6.45) is 7.86. The molecule has 24 heavy (non-hydrogen) atoms. The summed E-state index contributed by atoms with van der Waals surface area (Å²) in [5.41, 5.74) is 4.70. The van der Waals surface area contributed by atoms with Crippen molar-refractivity contribution in [2.75, 3.05) is 6.54 Å². The van der Waals surface area contributed by atoms with Crippen LogP contribution in [0.3, 0.4) is 0 Å². The molecule has 0 saturated heterocycles. The monoisotopic (exact) mass is 339 g/mol. The molecule has 126 valence electrons. The molecule has 1 unspecified atom stereocenters. The van der Waals surface area contributed by atoms with Crippen LogP contribution in [0.1, 0.15) is 32.3 Å². The molecule has 1 atom stereocenters. The molecule has 1 aliphatic rings. The van der Waals surface area contributed by atoms with Gasteiger partial charge in [0.15, 0.2) is 0 Å². The van der Waals surface area contributed by atoms with Gasteiger partial charge in [-0.1, -0.05) is 31.1 Å². The third-order valence-corrected chi connectivity index (χ3v) is 8.39. The molecular weight excluding hydrogens is 314 g/mol. The Morgan fingerprint density at radius 1 is 1.21 bits per heavy atom. The lowest BCUT2D eigenvalue weighted by atomic mass is 10.1. The van der Waals surface area contributed by atoms with E-state index in [4.69, 9.17) is 0 Å². The zero-order valence-electron chi connectivity index (χ0n) is 14.9. The number of pyridine rings is 1. The summed E-state index contributed by atoms with van der Waals surface area (Å²) in [4.78, 5) is 8.90. The van der Waals surface area contributed by atoms with Crippen LogP contribution >= 0.6 is 0 Å². The zero-order valence-corrected chi connectivity index (χ0v) is 16.1. The maximum Gasteiger partial charge on any atom is 0.107 e. The van der Waals surface area contributed by atoms with Crippen molar-refractivity contribution in [3.8, 4) is 11.4 Å². The standard InChI is InChI=1S/C18H25N5Si/c1-13(2)24(4)17-6-5-8-21-22-18(17)14-7-9-19-15(10-14)16-11-23(3)12-20-16/h7,9-13,24H,5-6,8H2,1-4H3. The molecule has 3 heterocycles. The molecule has 2 aromatic rings. The largest absolute Gasteiger partial charge is 0.340 e. The SMILES string of the molecule is CC(C)[SiH](C)C1=C(c2ccnc(-c3cn(C)cn3)c2)N=NCCC1. The molecule has 0 fully saturated rings. The number of hydrogen-bond donors (Lipinski definition) is 0. The third kappa shape index (κ3) is 3.53. The van der Waals surface area contributed by atoms with Crippen molar-refractivity contribution >= 4 is 14.5 Å². The van der Waals surface area contributed by atoms with E-state index >= 15 is 0 Å². The van der Waals surface area contributed by atoms with E-state index in [1.165, 1.54) is 0 Å². The average molecular weight is 340 g/mol. The van der Waals surface area contributed by atoms with Crippen LogP contribution in [0.2, 0.25) is 12.1 Å². The molecule has 0 saturated carbocycles. The van der Waals surface area contributed by atoms with Gasteiger partial charge in [0.05, 0.1) is 33.1 Å². The molecule has 3 rings (SSSR count). The van der Waals surface area contributed by atoms with E-state index in [2.05, 4.69) is 46.7 Å². The summed E-state index contributed by atoms with van der Waals surface area (Å²) in [5, 5.41) is 10.5. The Kier molecular flexibility index (Phi) is 5.04. The minimum absolute atomic E-state index is 0.723. The second-order valence-corrected chi connectivity index (χ2v) is 10.4. The van der Waals surface area contributed by atoms with E-state index in [-0.39, 0.29) is 0 Å². The predicted octanol–water partition coefficient (Wildman–Crippen LogP) is 4.25. The Bertz CT molecular complexity index is 775. The number of hydrogen-bond acceptors (Lipinski definition) is 4. The van der Waals surface area contributed by atoms with E-state index in [1.54, 1.807) is 11.5 Å². The van der Waals surface area contributed by atoms with Crippen molar-refractivity contribution in [3.05, 3.63) is 41.6 Å². The molecule has 5 nitrogen and oxygen atoms in total. The summed E-state index contributed by atoms with van der Waals surface area (Å²) in [6, 6.07) is 4.15. The van der Waals surface area contributed by atoms with Gasteiger partial charge in [0.2, 0.25) is 0 Å². The Morgan fingerprint density at radius 3 is 2.75 bits per heavy atom. The maximum atomic E-state index is 4.60. The maximum absolute atomic E-state index is 4.60. The molecule has 0 spiro atoms. The van der Waals surface area contributed by atoms with E-state index in [1.807, 2.05) is 30.1 Å². The number of aromatic nitrogens is 3. The van der Waals surface area contributed by atoms with E-state index in [9.17, 15) is 0 Å². The van der Waals surface area contributed by atoms with Gasteiger partial charge in [0.1, 0.15) is 5.69 Å². The summed E-state index contributed by atoms with van der Waals surface area (Å²) < 4.78 is 1.94. The topological polar surface area (TPSA) is 55.4 Å². The molecule has 1 aliphatic heterocycles. The average Bonchev–Trinajstić information content (AvgIpc) is 2.87. The molecule has 0 aromatic carbocycles. The first kappa shape index (κ1) is 16.8. The van der Waals surface area contributed by atoms with Gasteiger partial charge in [-0.25, -0.2) is 4.98 Å². The quantitative estimate of drug-likeness (QED) is 0.782. The number of aryl methyl sites for hydroxylation is 1. The second-order valence-electron chi connectivity index (χ2n) is 6.83. The first-order valence-corrected chi connectivity index (χ1v) is 11.0. The zero-order chi connectivity index (χ0) is 17.1. The highest BCUT2D eigenvalue weighted by Gasteiger charge is 2.21. The van der Waals surface area contributed by atoms with Gasteiger partial charge < -0.3 is 4.57 Å². The van der Waals surface area contributed by atoms with Crippen LogP contribution in [-0.4, -0.2) is 29.9 Å². The smallest absolute Gasteiger partial charge is 0.107 e. The van der Waals surface area contributed by atoms with Gasteiger partial charge in [-0.3, -0.25) is 4.98 Å². The first-order chi connectivity index (χ1) is 11.6. The van der Waals surface area contributed by atoms with E-state index in [0.717, 1.165) is 47.6 Å². The number of azo groups is 1. The summed E-state index contributed by atoms with van der Waals surface area (Å²) >= 11 is 0. The van der Waals surface area contributed by atoms with Crippen molar-refractivity contribution in [1.29, 1.82) is 0 Å². The van der Waals surface area contributed by atoms with Crippen molar-refractivity contribution in [2.45, 2.75) is 38.8 Å². The number of nitrogens with zero attached hydrogens (tertiary/aromatic N) is 5. The summed E-state index contributed by atoms with van der Waals surface area (Å²) in [6.45, 7) is 7.91. The van der Waals surface area contributed by atoms with Gasteiger partial charge in [0.25, 0.3) is 0 Å². The number of rotatable bonds is 4. The summed E-state index contributed by atoms with van der Waals surface area (Å²) in [5.74, 6) is 0. The fraction of sp³-hybridized carbons (Fsp3) is 0.444. The number of imidazole rings is 1. The molecule has 6 heteroatoms. The van der Waals surface area contributed by atoms with Gasteiger partial charge in [-0.2, -0.15) is 10.2 Å². The minimum atomic E-state index is -1.01. The lowest BCUT2D eigenvalue weighted by Gasteiger charge is -2.19. The molecule has 0 aliphatic carbocycles. The van der Waals surface area contributed by atoms with Gasteiger partial charge >= 0.3 is 0 Å². The highest BCUT2D eigenvalue weighted by Crippen LogP contribution is 2.32. The van der Waals surface area contributed by atoms with Crippen LogP contribution in [0.4, 0.5) is 0 Å². The molecule has 0 N–H and O–H groups in total. The summed E-state index contributed by atoms with van der Waals surface area (Å²) in [7, 11) is 0.956. The van der Waals surface area contributed by atoms with Gasteiger partial charge in [-0.05, 0) is 25.0 Å². The first-order valence-electron chi connectivity index (χ1n) is 8.61. The third-order valence-electron chi connectivity index (χ3n) is 4.73. The lowest BCUT2D eigenvalue weighted by molar-refractivity contribution is 0.829. The van der Waals surface area contributed by atoms with Crippen LogP contribution < -0.4 is 0 Å².